The van der Waals surface area contributed by atoms with E-state index in [0.717, 1.165) is 0 Å². The van der Waals surface area contributed by atoms with Crippen LogP contribution in [-0.2, 0) is 9.59 Å². The van der Waals surface area contributed by atoms with Gasteiger partial charge >= 0.3 is 0 Å². The molecule has 4 nitrogen and oxygen atoms in total. The molecule has 3 N–H and O–H groups in total. The lowest BCUT2D eigenvalue weighted by molar-refractivity contribution is -0.133. The highest BCUT2D eigenvalue weighted by atomic mass is 16.2. The Hall–Kier alpha value is -0.900. The lowest BCUT2D eigenvalue weighted by Gasteiger charge is -2.17. The van der Waals surface area contributed by atoms with Gasteiger partial charge in [-0.05, 0) is 0 Å². The van der Waals surface area contributed by atoms with Crippen LogP contribution in [0.15, 0.2) is 0 Å². The van der Waals surface area contributed by atoms with Crippen molar-refractivity contribution < 1.29 is 9.59 Å². The van der Waals surface area contributed by atoms with Crippen LogP contribution in [0, 0.1) is 5.92 Å². The minimum atomic E-state index is -0.589. The molecule has 4 heteroatoms. The zero-order valence-corrected chi connectivity index (χ0v) is 5.59. The van der Waals surface area contributed by atoms with Crippen molar-refractivity contribution in [1.82, 2.24) is 5.32 Å². The molecule has 0 unspecified atom stereocenters. The molecule has 0 aromatic carbocycles. The van der Waals surface area contributed by atoms with E-state index in [1.165, 1.54) is 0 Å². The number of nitrogens with two attached hydrogens (primary N) is 1. The molecule has 0 bridgehead atoms. The number of hydrogen-bond donors (Lipinski definition) is 2. The van der Waals surface area contributed by atoms with E-state index in [2.05, 4.69) is 5.32 Å². The minimum Gasteiger partial charge on any atom is -0.369 e. The molecule has 1 saturated heterocycles. The molecule has 0 aliphatic carbocycles. The van der Waals surface area contributed by atoms with Gasteiger partial charge in [-0.2, -0.15) is 0 Å². The van der Waals surface area contributed by atoms with Crippen molar-refractivity contribution in [3.05, 3.63) is 0 Å². The third-order valence-corrected chi connectivity index (χ3v) is 1.63. The normalized spacial score (nSPS) is 26.4. The van der Waals surface area contributed by atoms with Crippen molar-refractivity contribution in [2.45, 2.75) is 6.42 Å². The van der Waals surface area contributed by atoms with Gasteiger partial charge in [0.15, 0.2) is 0 Å². The molecule has 56 valence electrons. The van der Waals surface area contributed by atoms with Crippen molar-refractivity contribution in [3.63, 3.8) is 0 Å². The molecule has 1 aliphatic heterocycles. The molecule has 0 radical (unpaired) electrons. The zero-order chi connectivity index (χ0) is 7.56. The number of carbonyl (C=O) groups excluding carboxylic acids is 2. The van der Waals surface area contributed by atoms with Gasteiger partial charge < -0.3 is 11.1 Å². The summed E-state index contributed by atoms with van der Waals surface area (Å²) in [4.78, 5) is 21.4. The van der Waals surface area contributed by atoms with Crippen LogP contribution >= 0.6 is 0 Å². The van der Waals surface area contributed by atoms with E-state index in [0.29, 0.717) is 19.5 Å². The van der Waals surface area contributed by atoms with E-state index < -0.39 is 11.8 Å². The molecule has 1 fully saturated rings. The molecule has 0 spiro atoms. The van der Waals surface area contributed by atoms with E-state index in [1.54, 1.807) is 0 Å². The van der Waals surface area contributed by atoms with Crippen molar-refractivity contribution in [3.8, 4) is 0 Å². The summed E-state index contributed by atoms with van der Waals surface area (Å²) in [6, 6.07) is 0. The molecule has 0 aromatic rings. The van der Waals surface area contributed by atoms with Gasteiger partial charge in [-0.3, -0.25) is 9.59 Å². The van der Waals surface area contributed by atoms with Crippen molar-refractivity contribution in [2.75, 3.05) is 13.1 Å². The van der Waals surface area contributed by atoms with Crippen LogP contribution in [0.4, 0.5) is 0 Å². The standard InChI is InChI=1S/C6H10N2O2/c7-6(10)4-3-8-2-1-5(4)9/h4,8H,1-3H2,(H2,7,10)/t4-/m1/s1. The Morgan fingerprint density at radius 3 is 2.80 bits per heavy atom. The number of rotatable bonds is 1. The maximum atomic E-state index is 10.9. The first-order valence-corrected chi connectivity index (χ1v) is 3.24. The average Bonchev–Trinajstić information content (AvgIpc) is 1.88. The Labute approximate surface area is 58.8 Å². The van der Waals surface area contributed by atoms with Gasteiger partial charge in [0.2, 0.25) is 5.91 Å². The highest BCUT2D eigenvalue weighted by molar-refractivity contribution is 6.01. The third kappa shape index (κ3) is 1.33. The fourth-order valence-electron chi connectivity index (χ4n) is 1.01. The second kappa shape index (κ2) is 2.79. The van der Waals surface area contributed by atoms with Crippen LogP contribution in [0.3, 0.4) is 0 Å². The number of Topliss-reactive ketones (excluding diaryl/α,β-unsaturated/α-hetero) is 1. The number of hydrogen-bond acceptors (Lipinski definition) is 3. The largest absolute Gasteiger partial charge is 0.369 e. The highest BCUT2D eigenvalue weighted by Gasteiger charge is 2.26. The quantitative estimate of drug-likeness (QED) is 0.445. The Morgan fingerprint density at radius 2 is 2.40 bits per heavy atom. The molecule has 1 aliphatic rings. The van der Waals surface area contributed by atoms with E-state index in [1.807, 2.05) is 0 Å². The predicted octanol–water partition coefficient (Wildman–Crippen LogP) is -1.35. The molecular formula is C6H10N2O2. The average molecular weight is 142 g/mol. The number of ketones is 1. The monoisotopic (exact) mass is 142 g/mol. The second-order valence-corrected chi connectivity index (χ2v) is 2.38. The van der Waals surface area contributed by atoms with Crippen molar-refractivity contribution >= 4 is 11.7 Å². The topological polar surface area (TPSA) is 72.2 Å². The molecular weight excluding hydrogens is 132 g/mol. The number of carbonyl (C=O) groups is 2. The van der Waals surface area contributed by atoms with Crippen LogP contribution in [-0.4, -0.2) is 24.8 Å². The predicted molar refractivity (Wildman–Crippen MR) is 35.2 cm³/mol. The lowest BCUT2D eigenvalue weighted by atomic mass is 9.98. The van der Waals surface area contributed by atoms with E-state index in [-0.39, 0.29) is 5.78 Å². The third-order valence-electron chi connectivity index (χ3n) is 1.63. The van der Waals surface area contributed by atoms with Crippen LogP contribution in [0.25, 0.3) is 0 Å². The van der Waals surface area contributed by atoms with Gasteiger partial charge in [0.05, 0.1) is 0 Å². The first-order chi connectivity index (χ1) is 4.72. The summed E-state index contributed by atoms with van der Waals surface area (Å²) < 4.78 is 0. The molecule has 1 amide bonds. The van der Waals surface area contributed by atoms with Gasteiger partial charge in [0.1, 0.15) is 11.7 Å². The van der Waals surface area contributed by atoms with Crippen LogP contribution in [0.5, 0.6) is 0 Å². The van der Waals surface area contributed by atoms with Crippen LogP contribution in [0.1, 0.15) is 6.42 Å². The van der Waals surface area contributed by atoms with E-state index in [9.17, 15) is 9.59 Å². The van der Waals surface area contributed by atoms with E-state index in [4.69, 9.17) is 5.73 Å². The molecule has 1 rings (SSSR count). The van der Waals surface area contributed by atoms with Gasteiger partial charge in [0.25, 0.3) is 0 Å². The van der Waals surface area contributed by atoms with Crippen molar-refractivity contribution in [2.24, 2.45) is 11.7 Å². The Morgan fingerprint density at radius 1 is 1.70 bits per heavy atom. The maximum absolute atomic E-state index is 10.9. The molecule has 0 saturated carbocycles. The number of primary amides is 1. The Balaban J connectivity index is 2.56. The summed E-state index contributed by atoms with van der Waals surface area (Å²) in [5, 5.41) is 2.92. The smallest absolute Gasteiger partial charge is 0.229 e. The summed E-state index contributed by atoms with van der Waals surface area (Å²) in [5.41, 5.74) is 4.96. The van der Waals surface area contributed by atoms with Gasteiger partial charge in [-0.15, -0.1) is 0 Å². The second-order valence-electron chi connectivity index (χ2n) is 2.38. The van der Waals surface area contributed by atoms with E-state index >= 15 is 0 Å². The molecule has 0 aromatic heterocycles. The fraction of sp³-hybridized carbons (Fsp3) is 0.667. The first kappa shape index (κ1) is 7.21. The highest BCUT2D eigenvalue weighted by Crippen LogP contribution is 2.03. The van der Waals surface area contributed by atoms with Gasteiger partial charge in [-0.1, -0.05) is 0 Å². The Kier molecular flexibility index (Phi) is 2.01. The fourth-order valence-corrected chi connectivity index (χ4v) is 1.01. The first-order valence-electron chi connectivity index (χ1n) is 3.24. The van der Waals surface area contributed by atoms with Crippen molar-refractivity contribution in [1.29, 1.82) is 0 Å². The summed E-state index contributed by atoms with van der Waals surface area (Å²) >= 11 is 0. The number of amides is 1. The lowest BCUT2D eigenvalue weighted by Crippen LogP contribution is -2.43. The van der Waals surface area contributed by atoms with Gasteiger partial charge in [0, 0.05) is 19.5 Å². The summed E-state index contributed by atoms with van der Waals surface area (Å²) in [7, 11) is 0. The summed E-state index contributed by atoms with van der Waals surface area (Å²) in [5.74, 6) is -1.14. The van der Waals surface area contributed by atoms with Crippen LogP contribution < -0.4 is 11.1 Å². The Bertz CT molecular complexity index is 167. The molecule has 1 atom stereocenters. The summed E-state index contributed by atoms with van der Waals surface area (Å²) in [6.45, 7) is 1.08. The number of nitrogens with one attached hydrogen (secondary N) is 1. The summed E-state index contributed by atoms with van der Waals surface area (Å²) in [6.07, 6.45) is 0.424. The maximum Gasteiger partial charge on any atom is 0.229 e. The molecule has 1 heterocycles. The SMILES string of the molecule is NC(=O)[C@@H]1CNCCC1=O. The minimum absolute atomic E-state index is 0.0359. The number of piperidine rings is 1. The zero-order valence-electron chi connectivity index (χ0n) is 5.59. The van der Waals surface area contributed by atoms with Gasteiger partial charge in [-0.25, -0.2) is 0 Å². The van der Waals surface area contributed by atoms with Crippen LogP contribution in [0.2, 0.25) is 0 Å². The molecule has 10 heavy (non-hydrogen) atoms.